The molecule has 1 aromatic heterocycles. The van der Waals surface area contributed by atoms with Gasteiger partial charge < -0.3 is 4.90 Å². The Hall–Kier alpha value is -2.37. The molecule has 0 spiro atoms. The first-order chi connectivity index (χ1) is 14.1. The van der Waals surface area contributed by atoms with Gasteiger partial charge in [0.15, 0.2) is 0 Å². The Morgan fingerprint density at radius 1 is 1.10 bits per heavy atom. The molecule has 29 heavy (non-hydrogen) atoms. The number of hydrogen-bond acceptors (Lipinski definition) is 3. The van der Waals surface area contributed by atoms with E-state index in [1.807, 2.05) is 65.0 Å². The second-order valence-corrected chi connectivity index (χ2v) is 8.10. The van der Waals surface area contributed by atoms with Crippen molar-refractivity contribution in [3.63, 3.8) is 0 Å². The van der Waals surface area contributed by atoms with Crippen LogP contribution < -0.4 is 0 Å². The number of amides is 1. The van der Waals surface area contributed by atoms with Gasteiger partial charge in [-0.25, -0.2) is 0 Å². The van der Waals surface area contributed by atoms with Crippen LogP contribution in [0.2, 0.25) is 5.02 Å². The van der Waals surface area contributed by atoms with Crippen LogP contribution in [0.25, 0.3) is 22.2 Å². The van der Waals surface area contributed by atoms with E-state index in [-0.39, 0.29) is 11.9 Å². The second-order valence-electron chi connectivity index (χ2n) is 7.66. The van der Waals surface area contributed by atoms with E-state index < -0.39 is 0 Å². The van der Waals surface area contributed by atoms with E-state index in [2.05, 4.69) is 11.8 Å². The molecule has 1 saturated heterocycles. The normalized spacial score (nSPS) is 16.3. The maximum Gasteiger partial charge on any atom is 0.247 e. The number of piperazine rings is 1. The van der Waals surface area contributed by atoms with Crippen LogP contribution in [-0.4, -0.2) is 58.2 Å². The maximum absolute atomic E-state index is 13.2. The topological polar surface area (TPSA) is 41.4 Å². The predicted molar refractivity (Wildman–Crippen MR) is 118 cm³/mol. The molecule has 1 aliphatic rings. The first kappa shape index (κ1) is 19.9. The van der Waals surface area contributed by atoms with Crippen molar-refractivity contribution >= 4 is 28.4 Å². The van der Waals surface area contributed by atoms with Crippen molar-refractivity contribution in [1.82, 2.24) is 19.6 Å². The van der Waals surface area contributed by atoms with Gasteiger partial charge in [0.1, 0.15) is 11.7 Å². The molecule has 5 nitrogen and oxygen atoms in total. The van der Waals surface area contributed by atoms with Crippen molar-refractivity contribution in [2.75, 3.05) is 32.7 Å². The summed E-state index contributed by atoms with van der Waals surface area (Å²) >= 11 is 6.27. The van der Waals surface area contributed by atoms with Crippen molar-refractivity contribution in [3.8, 4) is 11.3 Å². The van der Waals surface area contributed by atoms with Gasteiger partial charge in [0.05, 0.1) is 5.52 Å². The first-order valence-electron chi connectivity index (χ1n) is 10.3. The smallest absolute Gasteiger partial charge is 0.247 e. The summed E-state index contributed by atoms with van der Waals surface area (Å²) in [4.78, 5) is 17.6. The monoisotopic (exact) mass is 410 g/mol. The minimum absolute atomic E-state index is 0.125. The fraction of sp³-hybridized carbons (Fsp3) is 0.391. The summed E-state index contributed by atoms with van der Waals surface area (Å²) in [6.07, 6.45) is 1.15. The standard InChI is InChI=1S/C23H27ClN4O/c1-3-11-26-12-14-27(15-13-26)23(29)17(2)28-21-10-9-19(24)16-20(21)22(25-28)18-7-5-4-6-8-18/h4-10,16-17H,3,11-15H2,1-2H3/t17-/m0/s1. The molecule has 1 fully saturated rings. The summed E-state index contributed by atoms with van der Waals surface area (Å²) in [7, 11) is 0. The van der Waals surface area contributed by atoms with Gasteiger partial charge in [-0.15, -0.1) is 0 Å². The van der Waals surface area contributed by atoms with Gasteiger partial charge in [-0.05, 0) is 38.1 Å². The van der Waals surface area contributed by atoms with Crippen LogP contribution in [0, 0.1) is 0 Å². The molecule has 4 rings (SSSR count). The van der Waals surface area contributed by atoms with Gasteiger partial charge in [-0.3, -0.25) is 14.4 Å². The molecule has 1 amide bonds. The number of aromatic nitrogens is 2. The zero-order valence-corrected chi connectivity index (χ0v) is 17.8. The average molecular weight is 411 g/mol. The lowest BCUT2D eigenvalue weighted by Crippen LogP contribution is -2.50. The van der Waals surface area contributed by atoms with E-state index in [9.17, 15) is 4.79 Å². The number of nitrogens with zero attached hydrogens (tertiary/aromatic N) is 4. The van der Waals surface area contributed by atoms with Gasteiger partial charge in [-0.1, -0.05) is 48.9 Å². The lowest BCUT2D eigenvalue weighted by molar-refractivity contribution is -0.136. The Kier molecular flexibility index (Phi) is 5.88. The van der Waals surface area contributed by atoms with Crippen LogP contribution in [0.4, 0.5) is 0 Å². The molecule has 1 aliphatic heterocycles. The van der Waals surface area contributed by atoms with Gasteiger partial charge in [0, 0.05) is 42.2 Å². The minimum atomic E-state index is -0.367. The Labute approximate surface area is 176 Å². The molecule has 1 atom stereocenters. The van der Waals surface area contributed by atoms with Gasteiger partial charge in [0.2, 0.25) is 5.91 Å². The van der Waals surface area contributed by atoms with E-state index in [1.54, 1.807) is 0 Å². The third-order valence-corrected chi connectivity index (χ3v) is 5.90. The summed E-state index contributed by atoms with van der Waals surface area (Å²) in [6, 6.07) is 15.4. The zero-order chi connectivity index (χ0) is 20.4. The molecule has 0 radical (unpaired) electrons. The second kappa shape index (κ2) is 8.56. The van der Waals surface area contributed by atoms with Gasteiger partial charge >= 0.3 is 0 Å². The van der Waals surface area contributed by atoms with E-state index in [1.165, 1.54) is 0 Å². The van der Waals surface area contributed by atoms with Crippen LogP contribution >= 0.6 is 11.6 Å². The van der Waals surface area contributed by atoms with Crippen LogP contribution in [0.5, 0.6) is 0 Å². The molecular formula is C23H27ClN4O. The highest BCUT2D eigenvalue weighted by Crippen LogP contribution is 2.32. The van der Waals surface area contributed by atoms with Crippen molar-refractivity contribution in [3.05, 3.63) is 53.6 Å². The molecule has 0 saturated carbocycles. The first-order valence-corrected chi connectivity index (χ1v) is 10.7. The predicted octanol–water partition coefficient (Wildman–Crippen LogP) is 4.47. The Morgan fingerprint density at radius 2 is 1.83 bits per heavy atom. The highest BCUT2D eigenvalue weighted by molar-refractivity contribution is 6.31. The molecular weight excluding hydrogens is 384 g/mol. The van der Waals surface area contributed by atoms with Gasteiger partial charge in [-0.2, -0.15) is 5.10 Å². The zero-order valence-electron chi connectivity index (χ0n) is 17.0. The lowest BCUT2D eigenvalue weighted by Gasteiger charge is -2.35. The average Bonchev–Trinajstić information content (AvgIpc) is 3.12. The number of carbonyl (C=O) groups is 1. The highest BCUT2D eigenvalue weighted by atomic mass is 35.5. The SMILES string of the molecule is CCCN1CCN(C(=O)[C@H](C)n2nc(-c3ccccc3)c3cc(Cl)ccc32)CC1. The molecule has 0 aliphatic carbocycles. The molecule has 0 unspecified atom stereocenters. The van der Waals surface area contributed by atoms with E-state index in [4.69, 9.17) is 16.7 Å². The molecule has 3 aromatic rings. The molecule has 152 valence electrons. The summed E-state index contributed by atoms with van der Waals surface area (Å²) in [5.74, 6) is 0.125. The van der Waals surface area contributed by atoms with Crippen molar-refractivity contribution in [2.24, 2.45) is 0 Å². The molecule has 2 aromatic carbocycles. The van der Waals surface area contributed by atoms with Crippen LogP contribution in [0.1, 0.15) is 26.3 Å². The number of fused-ring (bicyclic) bond motifs is 1. The molecule has 2 heterocycles. The van der Waals surface area contributed by atoms with E-state index in [0.29, 0.717) is 5.02 Å². The molecule has 6 heteroatoms. The number of hydrogen-bond donors (Lipinski definition) is 0. The Bertz CT molecular complexity index is 993. The molecule has 0 N–H and O–H groups in total. The van der Waals surface area contributed by atoms with E-state index in [0.717, 1.165) is 61.3 Å². The largest absolute Gasteiger partial charge is 0.338 e. The number of benzene rings is 2. The van der Waals surface area contributed by atoms with Crippen LogP contribution in [-0.2, 0) is 4.79 Å². The molecule has 0 bridgehead atoms. The van der Waals surface area contributed by atoms with Crippen LogP contribution in [0.15, 0.2) is 48.5 Å². The van der Waals surface area contributed by atoms with E-state index >= 15 is 0 Å². The quantitative estimate of drug-likeness (QED) is 0.623. The van der Waals surface area contributed by atoms with Crippen LogP contribution in [0.3, 0.4) is 0 Å². The van der Waals surface area contributed by atoms with Crippen molar-refractivity contribution < 1.29 is 4.79 Å². The fourth-order valence-corrected chi connectivity index (χ4v) is 4.27. The Morgan fingerprint density at radius 3 is 2.52 bits per heavy atom. The number of carbonyl (C=O) groups excluding carboxylic acids is 1. The van der Waals surface area contributed by atoms with Gasteiger partial charge in [0.25, 0.3) is 0 Å². The third kappa shape index (κ3) is 4.02. The lowest BCUT2D eigenvalue weighted by atomic mass is 10.1. The van der Waals surface area contributed by atoms with Crippen molar-refractivity contribution in [1.29, 1.82) is 0 Å². The number of rotatable bonds is 5. The Balaban J connectivity index is 1.64. The highest BCUT2D eigenvalue weighted by Gasteiger charge is 2.28. The third-order valence-electron chi connectivity index (χ3n) is 5.66. The summed E-state index contributed by atoms with van der Waals surface area (Å²) in [5.41, 5.74) is 2.81. The fourth-order valence-electron chi connectivity index (χ4n) is 4.09. The minimum Gasteiger partial charge on any atom is -0.338 e. The summed E-state index contributed by atoms with van der Waals surface area (Å²) < 4.78 is 1.86. The number of halogens is 1. The summed E-state index contributed by atoms with van der Waals surface area (Å²) in [5, 5.41) is 6.50. The maximum atomic E-state index is 13.2. The van der Waals surface area contributed by atoms with Crippen molar-refractivity contribution in [2.45, 2.75) is 26.3 Å². The summed E-state index contributed by atoms with van der Waals surface area (Å²) in [6.45, 7) is 8.67.